The van der Waals surface area contributed by atoms with Crippen molar-refractivity contribution in [1.82, 2.24) is 4.90 Å². The summed E-state index contributed by atoms with van der Waals surface area (Å²) in [5.74, 6) is 3.84. The summed E-state index contributed by atoms with van der Waals surface area (Å²) >= 11 is 0. The summed E-state index contributed by atoms with van der Waals surface area (Å²) < 4.78 is 12.0. The lowest BCUT2D eigenvalue weighted by molar-refractivity contribution is -0.144. The van der Waals surface area contributed by atoms with E-state index in [1.165, 1.54) is 30.5 Å². The lowest BCUT2D eigenvalue weighted by atomic mass is 9.49. The van der Waals surface area contributed by atoms with Crippen LogP contribution in [-0.2, 0) is 16.6 Å². The number of ketones is 1. The van der Waals surface area contributed by atoms with Gasteiger partial charge in [0.2, 0.25) is 0 Å². The van der Waals surface area contributed by atoms with E-state index in [-0.39, 0.29) is 11.5 Å². The molecule has 3 fully saturated rings. The summed E-state index contributed by atoms with van der Waals surface area (Å²) in [6.45, 7) is 4.66. The van der Waals surface area contributed by atoms with E-state index in [2.05, 4.69) is 17.9 Å². The van der Waals surface area contributed by atoms with E-state index in [0.717, 1.165) is 36.8 Å². The molecule has 0 unspecified atom stereocenters. The Morgan fingerprint density at radius 3 is 2.92 bits per heavy atom. The van der Waals surface area contributed by atoms with Crippen molar-refractivity contribution in [1.29, 1.82) is 0 Å². The summed E-state index contributed by atoms with van der Waals surface area (Å²) in [5.41, 5.74) is 2.61. The number of ether oxygens (including phenoxy) is 2. The molecule has 1 saturated heterocycles. The predicted octanol–water partition coefficient (Wildman–Crippen LogP) is 2.96. The second kappa shape index (κ2) is 5.03. The average molecular weight is 353 g/mol. The van der Waals surface area contributed by atoms with Crippen molar-refractivity contribution in [2.24, 2.45) is 17.8 Å². The molecule has 2 saturated carbocycles. The first-order chi connectivity index (χ1) is 12.6. The molecular formula is C22H27NO3. The molecule has 3 aliphatic carbocycles. The lowest BCUT2D eigenvalue weighted by Gasteiger charge is -2.59. The van der Waals surface area contributed by atoms with Gasteiger partial charge in [-0.05, 0) is 61.6 Å². The molecule has 2 bridgehead atoms. The number of carbonyl (C=O) groups is 1. The first-order valence-corrected chi connectivity index (χ1v) is 10.3. The van der Waals surface area contributed by atoms with Crippen LogP contribution in [0.5, 0.6) is 11.5 Å². The molecule has 26 heavy (non-hydrogen) atoms. The van der Waals surface area contributed by atoms with Gasteiger partial charge in [0.25, 0.3) is 0 Å². The van der Waals surface area contributed by atoms with Gasteiger partial charge in [-0.2, -0.15) is 0 Å². The fourth-order valence-electron chi connectivity index (χ4n) is 6.88. The summed E-state index contributed by atoms with van der Waals surface area (Å²) in [6.07, 6.45) is 5.32. The van der Waals surface area contributed by atoms with E-state index < -0.39 is 0 Å². The maximum Gasteiger partial charge on any atom is 0.174 e. The van der Waals surface area contributed by atoms with Crippen LogP contribution in [0.3, 0.4) is 0 Å². The molecule has 138 valence electrons. The van der Waals surface area contributed by atoms with Crippen LogP contribution in [0.4, 0.5) is 0 Å². The number of likely N-dealkylation sites (tertiary alicyclic amines) is 1. The number of carbonyl (C=O) groups excluding carboxylic acids is 1. The minimum Gasteiger partial charge on any atom is -0.493 e. The van der Waals surface area contributed by atoms with E-state index in [1.54, 1.807) is 7.11 Å². The third-order valence-corrected chi connectivity index (χ3v) is 7.94. The van der Waals surface area contributed by atoms with Crippen molar-refractivity contribution in [2.45, 2.75) is 56.6 Å². The van der Waals surface area contributed by atoms with Gasteiger partial charge >= 0.3 is 0 Å². The van der Waals surface area contributed by atoms with Crippen LogP contribution < -0.4 is 9.47 Å². The van der Waals surface area contributed by atoms with E-state index in [9.17, 15) is 4.79 Å². The van der Waals surface area contributed by atoms with Crippen LogP contribution >= 0.6 is 0 Å². The quantitative estimate of drug-likeness (QED) is 0.837. The highest BCUT2D eigenvalue weighted by Gasteiger charge is 2.67. The van der Waals surface area contributed by atoms with Crippen molar-refractivity contribution < 1.29 is 14.3 Å². The monoisotopic (exact) mass is 353 g/mol. The zero-order valence-electron chi connectivity index (χ0n) is 15.7. The van der Waals surface area contributed by atoms with E-state index >= 15 is 0 Å². The second-order valence-corrected chi connectivity index (χ2v) is 9.30. The maximum atomic E-state index is 13.0. The molecule has 4 nitrogen and oxygen atoms in total. The highest BCUT2D eigenvalue weighted by molar-refractivity contribution is 5.89. The van der Waals surface area contributed by atoms with Crippen LogP contribution in [0.15, 0.2) is 12.1 Å². The Bertz CT molecular complexity index is 801. The van der Waals surface area contributed by atoms with Crippen LogP contribution in [0.25, 0.3) is 0 Å². The summed E-state index contributed by atoms with van der Waals surface area (Å²) in [6, 6.07) is 4.83. The molecule has 5 atom stereocenters. The molecular weight excluding hydrogens is 326 g/mol. The van der Waals surface area contributed by atoms with Gasteiger partial charge in [-0.1, -0.05) is 13.0 Å². The summed E-state index contributed by atoms with van der Waals surface area (Å²) in [7, 11) is 1.70. The second-order valence-electron chi connectivity index (χ2n) is 9.30. The van der Waals surface area contributed by atoms with Crippen molar-refractivity contribution in [2.75, 3.05) is 20.2 Å². The Balaban J connectivity index is 1.55. The van der Waals surface area contributed by atoms with Gasteiger partial charge in [0, 0.05) is 30.0 Å². The minimum atomic E-state index is -0.292. The number of piperidine rings is 1. The fourth-order valence-corrected chi connectivity index (χ4v) is 6.88. The largest absolute Gasteiger partial charge is 0.493 e. The van der Waals surface area contributed by atoms with Crippen molar-refractivity contribution in [3.8, 4) is 11.5 Å². The Hall–Kier alpha value is -1.55. The van der Waals surface area contributed by atoms with Gasteiger partial charge in [-0.15, -0.1) is 0 Å². The highest BCUT2D eigenvalue weighted by atomic mass is 16.5. The molecule has 5 aliphatic rings. The topological polar surface area (TPSA) is 38.8 Å². The fraction of sp³-hybridized carbons (Fsp3) is 0.682. The molecule has 0 radical (unpaired) electrons. The number of methoxy groups -OCH3 is 1. The Kier molecular flexibility index (Phi) is 3.00. The summed E-state index contributed by atoms with van der Waals surface area (Å²) in [5, 5.41) is 0. The first kappa shape index (κ1) is 15.5. The van der Waals surface area contributed by atoms with Crippen LogP contribution in [-0.4, -0.2) is 43.0 Å². The van der Waals surface area contributed by atoms with E-state index in [4.69, 9.17) is 9.47 Å². The number of nitrogens with zero attached hydrogens (tertiary/aromatic N) is 1. The van der Waals surface area contributed by atoms with E-state index in [0.29, 0.717) is 30.1 Å². The number of Topliss-reactive ketones (excluding diaryl/α,β-unsaturated/α-hetero) is 1. The van der Waals surface area contributed by atoms with Crippen molar-refractivity contribution in [3.05, 3.63) is 23.3 Å². The molecule has 0 N–H and O–H groups in total. The van der Waals surface area contributed by atoms with Crippen LogP contribution in [0, 0.1) is 17.8 Å². The highest BCUT2D eigenvalue weighted by Crippen LogP contribution is 2.64. The normalized spacial score (nSPS) is 40.2. The van der Waals surface area contributed by atoms with Crippen molar-refractivity contribution in [3.63, 3.8) is 0 Å². The Morgan fingerprint density at radius 1 is 1.31 bits per heavy atom. The molecule has 1 aromatic carbocycles. The number of rotatable bonds is 3. The third-order valence-electron chi connectivity index (χ3n) is 7.94. The smallest absolute Gasteiger partial charge is 0.174 e. The van der Waals surface area contributed by atoms with Crippen LogP contribution in [0.1, 0.15) is 43.7 Å². The molecule has 4 heteroatoms. The number of benzene rings is 1. The zero-order valence-corrected chi connectivity index (χ0v) is 15.7. The third kappa shape index (κ3) is 1.77. The molecule has 0 amide bonds. The maximum absolute atomic E-state index is 13.0. The van der Waals surface area contributed by atoms with Gasteiger partial charge in [0.1, 0.15) is 0 Å². The molecule has 0 aromatic heterocycles. The Labute approximate surface area is 154 Å². The minimum absolute atomic E-state index is 0.114. The number of hydrogen-bond donors (Lipinski definition) is 0. The lowest BCUT2D eigenvalue weighted by Crippen LogP contribution is -2.68. The zero-order chi connectivity index (χ0) is 17.6. The average Bonchev–Trinajstić information content (AvgIpc) is 3.37. The predicted molar refractivity (Wildman–Crippen MR) is 97.8 cm³/mol. The number of hydrogen-bond acceptors (Lipinski definition) is 4. The summed E-state index contributed by atoms with van der Waals surface area (Å²) in [4.78, 5) is 15.8. The van der Waals surface area contributed by atoms with Gasteiger partial charge in [-0.3, -0.25) is 9.69 Å². The van der Waals surface area contributed by atoms with E-state index in [1.807, 2.05) is 6.07 Å². The SMILES string of the molecule is COc1ccc2c3c1O[C@H]1C(=O)C[C@H](C)[C@H]4[C@@H](C2)N(CC2CC2)CC[C@@]341. The molecule has 6 rings (SSSR count). The molecule has 2 heterocycles. The van der Waals surface area contributed by atoms with Gasteiger partial charge in [-0.25, -0.2) is 0 Å². The Morgan fingerprint density at radius 2 is 2.15 bits per heavy atom. The van der Waals surface area contributed by atoms with Crippen molar-refractivity contribution >= 4 is 5.78 Å². The first-order valence-electron chi connectivity index (χ1n) is 10.3. The van der Waals surface area contributed by atoms with Gasteiger partial charge < -0.3 is 9.47 Å². The van der Waals surface area contributed by atoms with Gasteiger partial charge in [0.15, 0.2) is 23.4 Å². The molecule has 2 aliphatic heterocycles. The standard InChI is InChI=1S/C22H27NO3/c1-12-9-16(24)21-22-7-8-23(11-13-3-4-13)15(18(12)22)10-14-5-6-17(25-2)20(26-21)19(14)22/h5-6,12-13,15,18,21H,3-4,7-11H2,1-2H3/t12-,15+,18-,21-,22-/m0/s1. The van der Waals surface area contributed by atoms with Crippen LogP contribution in [0.2, 0.25) is 0 Å². The molecule has 1 aromatic rings. The van der Waals surface area contributed by atoms with Gasteiger partial charge in [0.05, 0.1) is 7.11 Å². The molecule has 1 spiro atoms.